The summed E-state index contributed by atoms with van der Waals surface area (Å²) in [4.78, 5) is 1.64. The average Bonchev–Trinajstić information content (AvgIpc) is 2.33. The molecule has 0 aliphatic heterocycles. The van der Waals surface area contributed by atoms with E-state index in [0.29, 0.717) is 25.8 Å². The molecule has 0 amide bonds. The number of nitrogen functional groups attached to an aromatic ring is 1. The fraction of sp³-hybridized carbons (Fsp3) is 0. The maximum Gasteiger partial charge on any atom is 0.0833 e. The van der Waals surface area contributed by atoms with Gasteiger partial charge in [0.25, 0.3) is 0 Å². The summed E-state index contributed by atoms with van der Waals surface area (Å²) in [6, 6.07) is 8.79. The number of anilines is 1. The van der Waals surface area contributed by atoms with E-state index in [0.717, 1.165) is 9.79 Å². The quantitative estimate of drug-likeness (QED) is 0.676. The molecule has 0 aliphatic carbocycles. The highest BCUT2D eigenvalue weighted by Crippen LogP contribution is 2.42. The van der Waals surface area contributed by atoms with E-state index < -0.39 is 0 Å². The Balaban J connectivity index is 2.37. The van der Waals surface area contributed by atoms with Gasteiger partial charge in [-0.05, 0) is 30.3 Å². The summed E-state index contributed by atoms with van der Waals surface area (Å²) < 4.78 is 0. The highest BCUT2D eigenvalue weighted by molar-refractivity contribution is 7.99. The zero-order valence-corrected chi connectivity index (χ0v) is 12.7. The first kappa shape index (κ1) is 14.2. The Morgan fingerprint density at radius 3 is 2.17 bits per heavy atom. The number of hydrogen-bond donors (Lipinski definition) is 1. The maximum atomic E-state index is 6.13. The zero-order valence-electron chi connectivity index (χ0n) is 8.88. The van der Waals surface area contributed by atoms with E-state index in [-0.39, 0.29) is 0 Å². The van der Waals surface area contributed by atoms with Crippen molar-refractivity contribution in [3.8, 4) is 0 Å². The molecular weight excluding hydrogens is 332 g/mol. The van der Waals surface area contributed by atoms with Gasteiger partial charge in [-0.25, -0.2) is 0 Å². The van der Waals surface area contributed by atoms with Crippen LogP contribution < -0.4 is 5.73 Å². The molecule has 0 bridgehead atoms. The third-order valence-electron chi connectivity index (χ3n) is 2.19. The molecular formula is C12H7Cl4NS. The van der Waals surface area contributed by atoms with Gasteiger partial charge in [0.1, 0.15) is 0 Å². The predicted molar refractivity (Wildman–Crippen MR) is 81.5 cm³/mol. The molecule has 2 aromatic rings. The highest BCUT2D eigenvalue weighted by Gasteiger charge is 2.11. The van der Waals surface area contributed by atoms with E-state index in [1.165, 1.54) is 11.8 Å². The van der Waals surface area contributed by atoms with Crippen molar-refractivity contribution < 1.29 is 0 Å². The summed E-state index contributed by atoms with van der Waals surface area (Å²) >= 11 is 25.5. The Morgan fingerprint density at radius 2 is 1.50 bits per heavy atom. The molecule has 94 valence electrons. The van der Waals surface area contributed by atoms with Crippen LogP contribution in [0, 0.1) is 0 Å². The number of benzene rings is 2. The van der Waals surface area contributed by atoms with E-state index >= 15 is 0 Å². The molecule has 18 heavy (non-hydrogen) atoms. The normalized spacial score (nSPS) is 10.7. The summed E-state index contributed by atoms with van der Waals surface area (Å²) in [5, 5.41) is 1.93. The lowest BCUT2D eigenvalue weighted by Gasteiger charge is -2.09. The predicted octanol–water partition coefficient (Wildman–Crippen LogP) is 6.03. The molecule has 0 saturated carbocycles. The van der Waals surface area contributed by atoms with Crippen LogP contribution in [0.2, 0.25) is 20.1 Å². The highest BCUT2D eigenvalue weighted by atomic mass is 35.5. The number of hydrogen-bond acceptors (Lipinski definition) is 2. The molecule has 0 saturated heterocycles. The third-order valence-corrected chi connectivity index (χ3v) is 5.00. The van der Waals surface area contributed by atoms with Gasteiger partial charge >= 0.3 is 0 Å². The van der Waals surface area contributed by atoms with Gasteiger partial charge in [-0.3, -0.25) is 0 Å². The van der Waals surface area contributed by atoms with E-state index in [1.807, 2.05) is 6.07 Å². The van der Waals surface area contributed by atoms with Gasteiger partial charge in [-0.1, -0.05) is 58.2 Å². The smallest absolute Gasteiger partial charge is 0.0833 e. The Labute approximate surface area is 129 Å². The van der Waals surface area contributed by atoms with Crippen LogP contribution in [0.15, 0.2) is 40.1 Å². The van der Waals surface area contributed by atoms with Gasteiger partial charge in [0.2, 0.25) is 0 Å². The first-order valence-corrected chi connectivity index (χ1v) is 7.18. The molecule has 0 spiro atoms. The van der Waals surface area contributed by atoms with Crippen molar-refractivity contribution >= 4 is 63.9 Å². The Bertz CT molecular complexity index is 601. The van der Waals surface area contributed by atoms with Crippen LogP contribution in [0.1, 0.15) is 0 Å². The monoisotopic (exact) mass is 337 g/mol. The van der Waals surface area contributed by atoms with Gasteiger partial charge < -0.3 is 5.73 Å². The zero-order chi connectivity index (χ0) is 13.3. The van der Waals surface area contributed by atoms with Gasteiger partial charge in [-0.15, -0.1) is 0 Å². The fourth-order valence-electron chi connectivity index (χ4n) is 1.30. The summed E-state index contributed by atoms with van der Waals surface area (Å²) in [7, 11) is 0. The van der Waals surface area contributed by atoms with E-state index in [2.05, 4.69) is 0 Å². The minimum Gasteiger partial charge on any atom is -0.397 e. The lowest BCUT2D eigenvalue weighted by atomic mass is 10.3. The van der Waals surface area contributed by atoms with Crippen molar-refractivity contribution in [1.29, 1.82) is 0 Å². The van der Waals surface area contributed by atoms with Crippen LogP contribution in [-0.4, -0.2) is 0 Å². The summed E-state index contributed by atoms with van der Waals surface area (Å²) in [6.45, 7) is 0. The minimum absolute atomic E-state index is 0.353. The molecule has 0 radical (unpaired) electrons. The van der Waals surface area contributed by atoms with E-state index in [9.17, 15) is 0 Å². The van der Waals surface area contributed by atoms with Crippen molar-refractivity contribution in [1.82, 2.24) is 0 Å². The SMILES string of the molecule is Nc1ccc(Sc2ccc(Cl)cc2Cl)c(Cl)c1Cl. The van der Waals surface area contributed by atoms with Crippen LogP contribution in [0.5, 0.6) is 0 Å². The lowest BCUT2D eigenvalue weighted by molar-refractivity contribution is 1.41. The van der Waals surface area contributed by atoms with Crippen LogP contribution in [-0.2, 0) is 0 Å². The van der Waals surface area contributed by atoms with Crippen LogP contribution >= 0.6 is 58.2 Å². The molecule has 6 heteroatoms. The van der Waals surface area contributed by atoms with Gasteiger partial charge in [0, 0.05) is 14.8 Å². The Kier molecular flexibility index (Phi) is 4.57. The Morgan fingerprint density at radius 1 is 0.833 bits per heavy atom. The van der Waals surface area contributed by atoms with Crippen molar-refractivity contribution in [2.75, 3.05) is 5.73 Å². The molecule has 2 N–H and O–H groups in total. The molecule has 0 aromatic heterocycles. The second-order valence-electron chi connectivity index (χ2n) is 3.46. The van der Waals surface area contributed by atoms with Crippen LogP contribution in [0.25, 0.3) is 0 Å². The number of nitrogens with two attached hydrogens (primary N) is 1. The van der Waals surface area contributed by atoms with Gasteiger partial charge in [0.15, 0.2) is 0 Å². The topological polar surface area (TPSA) is 26.0 Å². The maximum absolute atomic E-state index is 6.13. The van der Waals surface area contributed by atoms with E-state index in [4.69, 9.17) is 52.1 Å². The second kappa shape index (κ2) is 5.81. The second-order valence-corrected chi connectivity index (χ2v) is 6.14. The molecule has 0 unspecified atom stereocenters. The van der Waals surface area contributed by atoms with Gasteiger partial charge in [-0.2, -0.15) is 0 Å². The molecule has 0 fully saturated rings. The van der Waals surface area contributed by atoms with E-state index in [1.54, 1.807) is 24.3 Å². The van der Waals surface area contributed by atoms with Crippen molar-refractivity contribution in [3.05, 3.63) is 50.4 Å². The van der Waals surface area contributed by atoms with Crippen LogP contribution in [0.3, 0.4) is 0 Å². The average molecular weight is 339 g/mol. The molecule has 1 nitrogen and oxygen atoms in total. The van der Waals surface area contributed by atoms with Crippen molar-refractivity contribution in [3.63, 3.8) is 0 Å². The summed E-state index contributed by atoms with van der Waals surface area (Å²) in [5.41, 5.74) is 6.12. The third kappa shape index (κ3) is 3.01. The standard InChI is InChI=1S/C12H7Cl4NS/c13-6-1-3-9(7(14)5-6)18-10-4-2-8(17)11(15)12(10)16/h1-5H,17H2. The largest absolute Gasteiger partial charge is 0.397 e. The van der Waals surface area contributed by atoms with Crippen LogP contribution in [0.4, 0.5) is 5.69 Å². The number of rotatable bonds is 2. The molecule has 0 atom stereocenters. The van der Waals surface area contributed by atoms with Crippen molar-refractivity contribution in [2.45, 2.75) is 9.79 Å². The summed E-state index contributed by atoms with van der Waals surface area (Å²) in [6.07, 6.45) is 0. The molecule has 0 heterocycles. The molecule has 2 aromatic carbocycles. The first-order valence-electron chi connectivity index (χ1n) is 4.85. The molecule has 2 rings (SSSR count). The molecule has 0 aliphatic rings. The lowest BCUT2D eigenvalue weighted by Crippen LogP contribution is -1.88. The summed E-state index contributed by atoms with van der Waals surface area (Å²) in [5.74, 6) is 0. The minimum atomic E-state index is 0.353. The van der Waals surface area contributed by atoms with Crippen molar-refractivity contribution in [2.24, 2.45) is 0 Å². The fourth-order valence-corrected chi connectivity index (χ4v) is 3.19. The number of halogens is 4. The first-order chi connectivity index (χ1) is 8.49. The Hall–Kier alpha value is -0.250. The van der Waals surface area contributed by atoms with Gasteiger partial charge in [0.05, 0.1) is 20.8 Å².